The van der Waals surface area contributed by atoms with Gasteiger partial charge in [0.1, 0.15) is 27.8 Å². The number of hydrogen-bond acceptors (Lipinski definition) is 5. The number of oxazole rings is 1. The van der Waals surface area contributed by atoms with Gasteiger partial charge in [-0.1, -0.05) is 78.9 Å². The summed E-state index contributed by atoms with van der Waals surface area (Å²) in [5, 5.41) is 4.06. The molecule has 5 heteroatoms. The second kappa shape index (κ2) is 10.5. The van der Waals surface area contributed by atoms with E-state index in [0.29, 0.717) is 11.5 Å². The Kier molecular flexibility index (Phi) is 5.81. The lowest BCUT2D eigenvalue weighted by Crippen LogP contribution is -2.09. The van der Waals surface area contributed by atoms with E-state index < -0.39 is 0 Å². The fraction of sp³-hybridized carbons (Fsp3) is 0. The highest BCUT2D eigenvalue weighted by Gasteiger charge is 2.20. The van der Waals surface area contributed by atoms with Gasteiger partial charge in [-0.3, -0.25) is 0 Å². The van der Waals surface area contributed by atoms with Crippen LogP contribution >= 0.6 is 0 Å². The van der Waals surface area contributed by atoms with Crippen LogP contribution in [-0.4, -0.2) is 4.98 Å². The van der Waals surface area contributed by atoms with Crippen molar-refractivity contribution in [3.05, 3.63) is 158 Å². The number of benzene rings is 7. The van der Waals surface area contributed by atoms with Crippen LogP contribution in [0.3, 0.4) is 0 Å². The van der Waals surface area contributed by atoms with Gasteiger partial charge in [0.15, 0.2) is 5.58 Å². The van der Waals surface area contributed by atoms with E-state index in [-0.39, 0.29) is 0 Å². The van der Waals surface area contributed by atoms with Crippen LogP contribution in [0.15, 0.2) is 171 Å². The van der Waals surface area contributed by atoms with Crippen molar-refractivity contribution in [2.45, 2.75) is 0 Å². The summed E-state index contributed by atoms with van der Waals surface area (Å²) < 4.78 is 19.2. The summed E-state index contributed by atoms with van der Waals surface area (Å²) in [6, 6.07) is 54.0. The Bertz CT molecular complexity index is 2790. The van der Waals surface area contributed by atoms with Crippen molar-refractivity contribution >= 4 is 72.0 Å². The molecule has 0 amide bonds. The van der Waals surface area contributed by atoms with Crippen LogP contribution in [0.2, 0.25) is 0 Å². The second-order valence-electron chi connectivity index (χ2n) is 12.0. The first-order valence-electron chi connectivity index (χ1n) is 15.9. The molecule has 0 aliphatic heterocycles. The standard InChI is InChI=1S/C43H26N2O3/c1-3-10-27(11-4-1)29-14-9-15-30(24-29)45(32-18-20-34-33-16-7-8-17-37(33)47-40(34)26-32)31-19-22-38-35(25-31)41-39(46-38)23-21-36-42(41)48-43(44-36)28-12-5-2-6-13-28/h1-26H. The maximum absolute atomic E-state index is 6.45. The predicted molar refractivity (Wildman–Crippen MR) is 194 cm³/mol. The maximum Gasteiger partial charge on any atom is 0.227 e. The van der Waals surface area contributed by atoms with Crippen molar-refractivity contribution in [1.82, 2.24) is 4.98 Å². The van der Waals surface area contributed by atoms with Crippen LogP contribution in [-0.2, 0) is 0 Å². The number of hydrogen-bond donors (Lipinski definition) is 0. The minimum absolute atomic E-state index is 0.585. The Hall–Kier alpha value is -6.59. The molecule has 0 saturated heterocycles. The van der Waals surface area contributed by atoms with Crippen molar-refractivity contribution in [2.24, 2.45) is 0 Å². The predicted octanol–water partition coefficient (Wildman–Crippen LogP) is 12.4. The molecule has 48 heavy (non-hydrogen) atoms. The molecule has 0 radical (unpaired) electrons. The average Bonchev–Trinajstić information content (AvgIpc) is 3.85. The zero-order valence-corrected chi connectivity index (χ0v) is 25.6. The van der Waals surface area contributed by atoms with Gasteiger partial charge in [0, 0.05) is 44.9 Å². The molecule has 0 spiro atoms. The van der Waals surface area contributed by atoms with Crippen LogP contribution in [0, 0.1) is 0 Å². The summed E-state index contributed by atoms with van der Waals surface area (Å²) >= 11 is 0. The van der Waals surface area contributed by atoms with Gasteiger partial charge in [-0.05, 0) is 83.9 Å². The Morgan fingerprint density at radius 3 is 1.92 bits per heavy atom. The lowest BCUT2D eigenvalue weighted by Gasteiger charge is -2.26. The van der Waals surface area contributed by atoms with Crippen molar-refractivity contribution in [3.8, 4) is 22.6 Å². The molecule has 0 aliphatic rings. The molecule has 0 fully saturated rings. The molecule has 0 N–H and O–H groups in total. The summed E-state index contributed by atoms with van der Waals surface area (Å²) in [7, 11) is 0. The monoisotopic (exact) mass is 618 g/mol. The van der Waals surface area contributed by atoms with E-state index in [2.05, 4.69) is 89.8 Å². The molecular weight excluding hydrogens is 592 g/mol. The Morgan fingerprint density at radius 1 is 0.396 bits per heavy atom. The van der Waals surface area contributed by atoms with E-state index in [1.807, 2.05) is 72.8 Å². The van der Waals surface area contributed by atoms with Gasteiger partial charge in [0.05, 0.1) is 5.39 Å². The highest BCUT2D eigenvalue weighted by molar-refractivity contribution is 6.17. The number of para-hydroxylation sites is 1. The topological polar surface area (TPSA) is 55.6 Å². The molecule has 0 saturated carbocycles. The van der Waals surface area contributed by atoms with Crippen molar-refractivity contribution in [3.63, 3.8) is 0 Å². The van der Waals surface area contributed by atoms with E-state index in [1.54, 1.807) is 0 Å². The van der Waals surface area contributed by atoms with Crippen LogP contribution < -0.4 is 4.90 Å². The van der Waals surface area contributed by atoms with E-state index in [4.69, 9.17) is 18.2 Å². The summed E-state index contributed by atoms with van der Waals surface area (Å²) in [5.74, 6) is 0.585. The van der Waals surface area contributed by atoms with Gasteiger partial charge in [-0.15, -0.1) is 0 Å². The molecular formula is C43H26N2O3. The van der Waals surface area contributed by atoms with Crippen molar-refractivity contribution in [2.75, 3.05) is 4.90 Å². The average molecular weight is 619 g/mol. The molecule has 3 heterocycles. The van der Waals surface area contributed by atoms with Crippen LogP contribution in [0.25, 0.3) is 77.6 Å². The van der Waals surface area contributed by atoms with Gasteiger partial charge in [-0.25, -0.2) is 4.98 Å². The second-order valence-corrected chi connectivity index (χ2v) is 12.0. The Morgan fingerprint density at radius 2 is 1.04 bits per heavy atom. The first-order chi connectivity index (χ1) is 23.8. The fourth-order valence-electron chi connectivity index (χ4n) is 6.83. The first-order valence-corrected chi connectivity index (χ1v) is 15.9. The van der Waals surface area contributed by atoms with E-state index in [0.717, 1.165) is 83.1 Å². The third-order valence-electron chi connectivity index (χ3n) is 9.08. The zero-order valence-electron chi connectivity index (χ0n) is 25.6. The number of aromatic nitrogens is 1. The Labute approximate surface area is 274 Å². The van der Waals surface area contributed by atoms with E-state index in [9.17, 15) is 0 Å². The minimum atomic E-state index is 0.585. The molecule has 226 valence electrons. The van der Waals surface area contributed by atoms with Gasteiger partial charge in [0.25, 0.3) is 0 Å². The number of rotatable bonds is 5. The number of anilines is 3. The quantitative estimate of drug-likeness (QED) is 0.192. The Balaban J connectivity index is 1.19. The summed E-state index contributed by atoms with van der Waals surface area (Å²) in [6.45, 7) is 0. The molecule has 10 aromatic rings. The summed E-state index contributed by atoms with van der Waals surface area (Å²) in [6.07, 6.45) is 0. The van der Waals surface area contributed by atoms with Crippen LogP contribution in [0.5, 0.6) is 0 Å². The maximum atomic E-state index is 6.45. The molecule has 0 aliphatic carbocycles. The van der Waals surface area contributed by atoms with Crippen LogP contribution in [0.4, 0.5) is 17.1 Å². The first kappa shape index (κ1) is 26.6. The zero-order chi connectivity index (χ0) is 31.6. The summed E-state index contributed by atoms with van der Waals surface area (Å²) in [5.41, 5.74) is 11.0. The van der Waals surface area contributed by atoms with Crippen molar-refractivity contribution < 1.29 is 13.3 Å². The highest BCUT2D eigenvalue weighted by atomic mass is 16.4. The van der Waals surface area contributed by atoms with Crippen molar-refractivity contribution in [1.29, 1.82) is 0 Å². The van der Waals surface area contributed by atoms with Gasteiger partial charge in [-0.2, -0.15) is 0 Å². The molecule has 0 unspecified atom stereocenters. The van der Waals surface area contributed by atoms with Crippen LogP contribution in [0.1, 0.15) is 0 Å². The molecule has 5 nitrogen and oxygen atoms in total. The third kappa shape index (κ3) is 4.22. The number of fused-ring (bicyclic) bond motifs is 8. The van der Waals surface area contributed by atoms with Gasteiger partial charge >= 0.3 is 0 Å². The van der Waals surface area contributed by atoms with Gasteiger partial charge in [0.2, 0.25) is 5.89 Å². The van der Waals surface area contributed by atoms with E-state index in [1.165, 1.54) is 0 Å². The lowest BCUT2D eigenvalue weighted by atomic mass is 10.0. The third-order valence-corrected chi connectivity index (χ3v) is 9.08. The largest absolute Gasteiger partial charge is 0.456 e. The fourth-order valence-corrected chi connectivity index (χ4v) is 6.83. The lowest BCUT2D eigenvalue weighted by molar-refractivity contribution is 0.622. The molecule has 0 bridgehead atoms. The molecule has 3 aromatic heterocycles. The van der Waals surface area contributed by atoms with Gasteiger partial charge < -0.3 is 18.2 Å². The number of nitrogens with zero attached hydrogens (tertiary/aromatic N) is 2. The molecule has 7 aromatic carbocycles. The minimum Gasteiger partial charge on any atom is -0.456 e. The highest BCUT2D eigenvalue weighted by Crippen LogP contribution is 2.43. The molecule has 0 atom stereocenters. The van der Waals surface area contributed by atoms with E-state index >= 15 is 0 Å². The molecule has 10 rings (SSSR count). The summed E-state index contributed by atoms with van der Waals surface area (Å²) in [4.78, 5) is 7.10. The SMILES string of the molecule is c1ccc(-c2cccc(N(c3ccc4c(c3)oc3ccccc34)c3ccc4oc5ccc6nc(-c7ccccc7)oc6c5c4c3)c2)cc1. The normalized spacial score (nSPS) is 11.8. The number of furan rings is 2. The smallest absolute Gasteiger partial charge is 0.227 e.